The van der Waals surface area contributed by atoms with Gasteiger partial charge in [0.05, 0.1) is 0 Å². The molecule has 0 aromatic heterocycles. The molecule has 0 spiro atoms. The minimum absolute atomic E-state index is 0.221. The number of benzene rings is 1. The van der Waals surface area contributed by atoms with E-state index in [0.29, 0.717) is 6.04 Å². The maximum atomic E-state index is 6.01. The van der Waals surface area contributed by atoms with Gasteiger partial charge in [-0.3, -0.25) is 0 Å². The first-order valence-corrected chi connectivity index (χ1v) is 8.05. The van der Waals surface area contributed by atoms with Gasteiger partial charge in [-0.1, -0.05) is 25.0 Å². The highest BCUT2D eigenvalue weighted by Crippen LogP contribution is 2.27. The molecule has 2 rings (SSSR count). The topological polar surface area (TPSA) is 21.3 Å². The van der Waals surface area contributed by atoms with E-state index in [-0.39, 0.29) is 6.10 Å². The van der Waals surface area contributed by atoms with Crippen LogP contribution in [-0.4, -0.2) is 24.9 Å². The molecule has 100 valence electrons. The van der Waals surface area contributed by atoms with E-state index in [1.54, 1.807) is 11.8 Å². The Bertz CT molecular complexity index is 363. The second-order valence-corrected chi connectivity index (χ2v) is 5.82. The summed E-state index contributed by atoms with van der Waals surface area (Å²) < 4.78 is 6.01. The minimum Gasteiger partial charge on any atom is -0.488 e. The Kier molecular flexibility index (Phi) is 5.39. The van der Waals surface area contributed by atoms with Crippen molar-refractivity contribution in [3.05, 3.63) is 24.3 Å². The summed E-state index contributed by atoms with van der Waals surface area (Å²) in [6.45, 7) is 3.08. The monoisotopic (exact) mass is 265 g/mol. The number of rotatable bonds is 6. The maximum Gasteiger partial charge on any atom is 0.133 e. The van der Waals surface area contributed by atoms with Gasteiger partial charge in [-0.25, -0.2) is 0 Å². The molecular formula is C15H23NOS. The summed E-state index contributed by atoms with van der Waals surface area (Å²) in [6, 6.07) is 8.97. The van der Waals surface area contributed by atoms with Crippen molar-refractivity contribution in [2.24, 2.45) is 0 Å². The summed E-state index contributed by atoms with van der Waals surface area (Å²) in [5.74, 6) is 1.01. The van der Waals surface area contributed by atoms with Gasteiger partial charge in [-0.15, -0.1) is 11.8 Å². The average molecular weight is 265 g/mol. The summed E-state index contributed by atoms with van der Waals surface area (Å²) in [7, 11) is 0. The number of ether oxygens (including phenoxy) is 1. The summed E-state index contributed by atoms with van der Waals surface area (Å²) in [6.07, 6.45) is 7.72. The molecule has 2 nitrogen and oxygen atoms in total. The molecule has 0 saturated heterocycles. The molecule has 1 saturated carbocycles. The molecule has 0 radical (unpaired) electrons. The highest BCUT2D eigenvalue weighted by molar-refractivity contribution is 7.98. The third-order valence-corrected chi connectivity index (χ3v) is 4.22. The van der Waals surface area contributed by atoms with Crippen molar-refractivity contribution in [3.63, 3.8) is 0 Å². The lowest BCUT2D eigenvalue weighted by Gasteiger charge is -2.19. The van der Waals surface area contributed by atoms with Crippen LogP contribution in [-0.2, 0) is 0 Å². The molecule has 1 atom stereocenters. The molecule has 1 aliphatic rings. The fourth-order valence-corrected chi connectivity index (χ4v) is 2.97. The Balaban J connectivity index is 1.80. The molecule has 3 heteroatoms. The summed E-state index contributed by atoms with van der Waals surface area (Å²) in [5.41, 5.74) is 0. The fraction of sp³-hybridized carbons (Fsp3) is 0.600. The molecule has 1 aromatic carbocycles. The van der Waals surface area contributed by atoms with Gasteiger partial charge in [-0.05, 0) is 38.2 Å². The van der Waals surface area contributed by atoms with Crippen LogP contribution in [0.5, 0.6) is 5.75 Å². The van der Waals surface area contributed by atoms with E-state index in [1.165, 1.54) is 30.6 Å². The fourth-order valence-electron chi connectivity index (χ4n) is 2.44. The summed E-state index contributed by atoms with van der Waals surface area (Å²) in [4.78, 5) is 1.21. The van der Waals surface area contributed by atoms with Crippen LogP contribution in [0.4, 0.5) is 0 Å². The first kappa shape index (κ1) is 13.8. The highest BCUT2D eigenvalue weighted by atomic mass is 32.2. The van der Waals surface area contributed by atoms with Crippen molar-refractivity contribution in [1.29, 1.82) is 0 Å². The van der Waals surface area contributed by atoms with Crippen LogP contribution in [0.2, 0.25) is 0 Å². The van der Waals surface area contributed by atoms with Crippen molar-refractivity contribution >= 4 is 11.8 Å². The first-order chi connectivity index (χ1) is 8.79. The van der Waals surface area contributed by atoms with E-state index in [1.807, 2.05) is 6.07 Å². The molecule has 1 aromatic rings. The third-order valence-electron chi connectivity index (χ3n) is 3.45. The van der Waals surface area contributed by atoms with Crippen LogP contribution in [0.25, 0.3) is 0 Å². The summed E-state index contributed by atoms with van der Waals surface area (Å²) >= 11 is 1.74. The zero-order chi connectivity index (χ0) is 12.8. The number of hydrogen-bond donors (Lipinski definition) is 1. The SMILES string of the molecule is CSc1ccccc1OC(C)CNC1CCCC1. The van der Waals surface area contributed by atoms with Gasteiger partial charge in [0, 0.05) is 17.5 Å². The number of thioether (sulfide) groups is 1. The Morgan fingerprint density at radius 3 is 2.78 bits per heavy atom. The van der Waals surface area contributed by atoms with Crippen molar-refractivity contribution in [3.8, 4) is 5.75 Å². The molecule has 0 aliphatic heterocycles. The average Bonchev–Trinajstić information content (AvgIpc) is 2.90. The van der Waals surface area contributed by atoms with Crippen molar-refractivity contribution < 1.29 is 4.74 Å². The van der Waals surface area contributed by atoms with Crippen molar-refractivity contribution in [2.75, 3.05) is 12.8 Å². The lowest BCUT2D eigenvalue weighted by Crippen LogP contribution is -2.35. The number of hydrogen-bond acceptors (Lipinski definition) is 3. The van der Waals surface area contributed by atoms with Gasteiger partial charge in [0.2, 0.25) is 0 Å². The maximum absolute atomic E-state index is 6.01. The second-order valence-electron chi connectivity index (χ2n) is 4.97. The van der Waals surface area contributed by atoms with E-state index in [2.05, 4.69) is 36.7 Å². The van der Waals surface area contributed by atoms with E-state index < -0.39 is 0 Å². The van der Waals surface area contributed by atoms with E-state index in [4.69, 9.17) is 4.74 Å². The molecule has 1 unspecified atom stereocenters. The molecule has 0 heterocycles. The predicted octanol–water partition coefficient (Wildman–Crippen LogP) is 3.71. The number of para-hydroxylation sites is 1. The number of nitrogens with one attached hydrogen (secondary N) is 1. The molecule has 1 fully saturated rings. The second kappa shape index (κ2) is 7.05. The Morgan fingerprint density at radius 2 is 2.06 bits per heavy atom. The lowest BCUT2D eigenvalue weighted by atomic mass is 10.2. The van der Waals surface area contributed by atoms with Crippen molar-refractivity contribution in [2.45, 2.75) is 49.6 Å². The van der Waals surface area contributed by atoms with E-state index >= 15 is 0 Å². The largest absolute Gasteiger partial charge is 0.488 e. The molecule has 18 heavy (non-hydrogen) atoms. The Morgan fingerprint density at radius 1 is 1.33 bits per heavy atom. The molecule has 1 N–H and O–H groups in total. The van der Waals surface area contributed by atoms with Crippen LogP contribution < -0.4 is 10.1 Å². The van der Waals surface area contributed by atoms with Gasteiger partial charge < -0.3 is 10.1 Å². The van der Waals surface area contributed by atoms with Crippen LogP contribution in [0, 0.1) is 0 Å². The Hall–Kier alpha value is -0.670. The van der Waals surface area contributed by atoms with Crippen LogP contribution in [0.1, 0.15) is 32.6 Å². The minimum atomic E-state index is 0.221. The molecule has 0 bridgehead atoms. The first-order valence-electron chi connectivity index (χ1n) is 6.82. The standard InChI is InChI=1S/C15H23NOS/c1-12(11-16-13-7-3-4-8-13)17-14-9-5-6-10-15(14)18-2/h5-6,9-10,12-13,16H,3-4,7-8,11H2,1-2H3. The van der Waals surface area contributed by atoms with Gasteiger partial charge in [-0.2, -0.15) is 0 Å². The quantitative estimate of drug-likeness (QED) is 0.792. The van der Waals surface area contributed by atoms with Gasteiger partial charge in [0.25, 0.3) is 0 Å². The van der Waals surface area contributed by atoms with E-state index in [0.717, 1.165) is 12.3 Å². The van der Waals surface area contributed by atoms with Crippen LogP contribution >= 0.6 is 11.8 Å². The van der Waals surface area contributed by atoms with Gasteiger partial charge in [0.1, 0.15) is 11.9 Å². The molecule has 0 amide bonds. The zero-order valence-electron chi connectivity index (χ0n) is 11.3. The highest BCUT2D eigenvalue weighted by Gasteiger charge is 2.15. The van der Waals surface area contributed by atoms with Crippen LogP contribution in [0.3, 0.4) is 0 Å². The lowest BCUT2D eigenvalue weighted by molar-refractivity contribution is 0.206. The van der Waals surface area contributed by atoms with Crippen molar-refractivity contribution in [1.82, 2.24) is 5.32 Å². The predicted molar refractivity (Wildman–Crippen MR) is 78.6 cm³/mol. The van der Waals surface area contributed by atoms with Gasteiger partial charge in [0.15, 0.2) is 0 Å². The van der Waals surface area contributed by atoms with E-state index in [9.17, 15) is 0 Å². The molecule has 1 aliphatic carbocycles. The molecular weight excluding hydrogens is 242 g/mol. The normalized spacial score (nSPS) is 17.9. The Labute approximate surface area is 114 Å². The van der Waals surface area contributed by atoms with Gasteiger partial charge >= 0.3 is 0 Å². The van der Waals surface area contributed by atoms with Crippen LogP contribution in [0.15, 0.2) is 29.2 Å². The summed E-state index contributed by atoms with van der Waals surface area (Å²) in [5, 5.41) is 3.61. The zero-order valence-corrected chi connectivity index (χ0v) is 12.1. The smallest absolute Gasteiger partial charge is 0.133 e. The third kappa shape index (κ3) is 3.92.